The van der Waals surface area contributed by atoms with Crippen molar-refractivity contribution in [3.63, 3.8) is 0 Å². The lowest BCUT2D eigenvalue weighted by atomic mass is 9.47. The van der Waals surface area contributed by atoms with E-state index in [1.54, 1.807) is 5.57 Å². The van der Waals surface area contributed by atoms with Crippen molar-refractivity contribution in [2.24, 2.45) is 34.0 Å². The van der Waals surface area contributed by atoms with E-state index in [4.69, 9.17) is 4.74 Å². The van der Waals surface area contributed by atoms with E-state index >= 15 is 0 Å². The minimum atomic E-state index is -0.428. The summed E-state index contributed by atoms with van der Waals surface area (Å²) in [6, 6.07) is 4.30. The summed E-state index contributed by atoms with van der Waals surface area (Å²) < 4.78 is 5.94. The standard InChI is InChI=1S/C29H39NO2/c1-27(2,3)26(31)32-21-12-14-28(4)20(17-21)8-9-22-24-11-10-23(19-7-6-16-30-18-19)29(24,5)15-13-25(22)28/h6-8,10,16,18,21-22,24-25H,9,11-15,17H2,1-5H3. The highest BCUT2D eigenvalue weighted by Gasteiger charge is 2.57. The van der Waals surface area contributed by atoms with Gasteiger partial charge in [-0.15, -0.1) is 0 Å². The van der Waals surface area contributed by atoms with Gasteiger partial charge in [0.2, 0.25) is 0 Å². The zero-order valence-electron chi connectivity index (χ0n) is 20.5. The fraction of sp³-hybridized carbons (Fsp3) is 0.655. The number of carbonyl (C=O) groups is 1. The molecule has 6 atom stereocenters. The van der Waals surface area contributed by atoms with Crippen molar-refractivity contribution < 1.29 is 9.53 Å². The Labute approximate surface area is 193 Å². The Kier molecular flexibility index (Phi) is 5.18. The van der Waals surface area contributed by atoms with Crippen LogP contribution in [0.3, 0.4) is 0 Å². The van der Waals surface area contributed by atoms with Crippen molar-refractivity contribution in [1.29, 1.82) is 0 Å². The molecule has 0 aliphatic heterocycles. The van der Waals surface area contributed by atoms with Crippen LogP contribution in [-0.2, 0) is 9.53 Å². The molecule has 0 saturated heterocycles. The van der Waals surface area contributed by atoms with Crippen LogP contribution in [0.4, 0.5) is 0 Å². The van der Waals surface area contributed by atoms with Gasteiger partial charge in [-0.3, -0.25) is 9.78 Å². The molecule has 1 aromatic rings. The quantitative estimate of drug-likeness (QED) is 0.372. The van der Waals surface area contributed by atoms with Gasteiger partial charge in [0, 0.05) is 18.8 Å². The third-order valence-corrected chi connectivity index (χ3v) is 9.50. The predicted molar refractivity (Wildman–Crippen MR) is 129 cm³/mol. The van der Waals surface area contributed by atoms with E-state index in [1.165, 1.54) is 36.8 Å². The number of rotatable bonds is 2. The summed E-state index contributed by atoms with van der Waals surface area (Å²) in [4.78, 5) is 16.9. The zero-order chi connectivity index (χ0) is 22.7. The van der Waals surface area contributed by atoms with E-state index in [9.17, 15) is 4.79 Å². The number of ether oxygens (including phenoxy) is 1. The van der Waals surface area contributed by atoms with Crippen molar-refractivity contribution >= 4 is 11.5 Å². The first-order chi connectivity index (χ1) is 15.1. The molecular formula is C29H39NO2. The first-order valence-electron chi connectivity index (χ1n) is 12.6. The lowest BCUT2D eigenvalue weighted by Crippen LogP contribution is -2.50. The molecule has 0 amide bonds. The van der Waals surface area contributed by atoms with Crippen molar-refractivity contribution in [3.05, 3.63) is 47.8 Å². The highest BCUT2D eigenvalue weighted by atomic mass is 16.5. The number of allylic oxidation sites excluding steroid dienone is 3. The Bertz CT molecular complexity index is 955. The van der Waals surface area contributed by atoms with Crippen LogP contribution in [-0.4, -0.2) is 17.1 Å². The summed E-state index contributed by atoms with van der Waals surface area (Å²) in [6.45, 7) is 10.9. The van der Waals surface area contributed by atoms with E-state index in [1.807, 2.05) is 33.2 Å². The molecule has 0 spiro atoms. The molecule has 4 aliphatic rings. The SMILES string of the molecule is CC(C)(C)C(=O)OC1CCC2(C)C(=CCC3C2CCC2(C)C(c4cccnc4)=CCC32)C1. The number of esters is 1. The zero-order valence-corrected chi connectivity index (χ0v) is 20.5. The van der Waals surface area contributed by atoms with Crippen LogP contribution in [0.1, 0.15) is 85.1 Å². The Morgan fingerprint density at radius 2 is 1.84 bits per heavy atom. The number of carbonyl (C=O) groups excluding carboxylic acids is 1. The highest BCUT2D eigenvalue weighted by Crippen LogP contribution is 2.66. The molecule has 172 valence electrons. The summed E-state index contributed by atoms with van der Waals surface area (Å²) in [6.07, 6.45) is 17.1. The van der Waals surface area contributed by atoms with E-state index in [2.05, 4.69) is 43.1 Å². The van der Waals surface area contributed by atoms with E-state index in [0.717, 1.165) is 37.0 Å². The van der Waals surface area contributed by atoms with Crippen LogP contribution in [0.15, 0.2) is 42.3 Å². The Morgan fingerprint density at radius 3 is 2.56 bits per heavy atom. The molecular weight excluding hydrogens is 394 g/mol. The summed E-state index contributed by atoms with van der Waals surface area (Å²) >= 11 is 0. The topological polar surface area (TPSA) is 39.2 Å². The highest BCUT2D eigenvalue weighted by molar-refractivity contribution is 5.75. The molecule has 0 N–H and O–H groups in total. The van der Waals surface area contributed by atoms with E-state index in [0.29, 0.717) is 0 Å². The van der Waals surface area contributed by atoms with Crippen LogP contribution in [0.25, 0.3) is 5.57 Å². The minimum Gasteiger partial charge on any atom is -0.462 e. The smallest absolute Gasteiger partial charge is 0.311 e. The fourth-order valence-electron chi connectivity index (χ4n) is 7.59. The number of fused-ring (bicyclic) bond motifs is 5. The fourth-order valence-corrected chi connectivity index (χ4v) is 7.59. The molecule has 0 bridgehead atoms. The van der Waals surface area contributed by atoms with Gasteiger partial charge in [-0.1, -0.05) is 37.6 Å². The summed E-state index contributed by atoms with van der Waals surface area (Å²) in [7, 11) is 0. The van der Waals surface area contributed by atoms with Crippen molar-refractivity contribution in [1.82, 2.24) is 4.98 Å². The van der Waals surface area contributed by atoms with E-state index in [-0.39, 0.29) is 22.9 Å². The van der Waals surface area contributed by atoms with Crippen LogP contribution in [0, 0.1) is 34.0 Å². The first-order valence-corrected chi connectivity index (χ1v) is 12.6. The Balaban J connectivity index is 1.36. The Hall–Kier alpha value is -1.90. The lowest BCUT2D eigenvalue weighted by molar-refractivity contribution is -0.160. The second-order valence-corrected chi connectivity index (χ2v) is 12.3. The van der Waals surface area contributed by atoms with Crippen LogP contribution in [0.2, 0.25) is 0 Å². The first kappa shape index (κ1) is 21.9. The van der Waals surface area contributed by atoms with Gasteiger partial charge in [-0.05, 0) is 105 Å². The van der Waals surface area contributed by atoms with Gasteiger partial charge in [-0.25, -0.2) is 0 Å². The van der Waals surface area contributed by atoms with Crippen LogP contribution < -0.4 is 0 Å². The molecule has 3 nitrogen and oxygen atoms in total. The van der Waals surface area contributed by atoms with Gasteiger partial charge in [0.05, 0.1) is 5.41 Å². The molecule has 0 radical (unpaired) electrons. The van der Waals surface area contributed by atoms with Crippen molar-refractivity contribution in [2.75, 3.05) is 0 Å². The molecule has 5 rings (SSSR count). The van der Waals surface area contributed by atoms with E-state index < -0.39 is 5.41 Å². The summed E-state index contributed by atoms with van der Waals surface area (Å²) in [5.41, 5.74) is 4.53. The molecule has 2 saturated carbocycles. The number of hydrogen-bond donors (Lipinski definition) is 0. The van der Waals surface area contributed by atoms with Crippen molar-refractivity contribution in [3.8, 4) is 0 Å². The number of hydrogen-bond acceptors (Lipinski definition) is 3. The third-order valence-electron chi connectivity index (χ3n) is 9.50. The van der Waals surface area contributed by atoms with Crippen molar-refractivity contribution in [2.45, 2.75) is 85.7 Å². The van der Waals surface area contributed by atoms with Gasteiger partial charge in [0.25, 0.3) is 0 Å². The number of aromatic nitrogens is 1. The maximum atomic E-state index is 12.5. The van der Waals surface area contributed by atoms with Gasteiger partial charge in [0.15, 0.2) is 0 Å². The summed E-state index contributed by atoms with van der Waals surface area (Å²) in [5, 5.41) is 0. The van der Waals surface area contributed by atoms with Gasteiger partial charge in [-0.2, -0.15) is 0 Å². The normalized spacial score (nSPS) is 38.7. The maximum Gasteiger partial charge on any atom is 0.311 e. The average molecular weight is 434 g/mol. The molecule has 1 aromatic heterocycles. The average Bonchev–Trinajstić information content (AvgIpc) is 3.11. The second-order valence-electron chi connectivity index (χ2n) is 12.3. The monoisotopic (exact) mass is 433 g/mol. The molecule has 3 heteroatoms. The number of pyridine rings is 1. The predicted octanol–water partition coefficient (Wildman–Crippen LogP) is 7.00. The van der Waals surface area contributed by atoms with Crippen LogP contribution in [0.5, 0.6) is 0 Å². The second kappa shape index (κ2) is 7.57. The van der Waals surface area contributed by atoms with Gasteiger partial charge >= 0.3 is 5.97 Å². The van der Waals surface area contributed by atoms with Crippen LogP contribution >= 0.6 is 0 Å². The molecule has 32 heavy (non-hydrogen) atoms. The molecule has 0 aromatic carbocycles. The molecule has 2 fully saturated rings. The maximum absolute atomic E-state index is 12.5. The third kappa shape index (κ3) is 3.38. The van der Waals surface area contributed by atoms with Gasteiger partial charge < -0.3 is 4.74 Å². The summed E-state index contributed by atoms with van der Waals surface area (Å²) in [5.74, 6) is 2.17. The lowest BCUT2D eigenvalue weighted by Gasteiger charge is -2.58. The molecule has 1 heterocycles. The number of nitrogens with zero attached hydrogens (tertiary/aromatic N) is 1. The largest absolute Gasteiger partial charge is 0.462 e. The minimum absolute atomic E-state index is 0.0526. The molecule has 6 unspecified atom stereocenters. The molecule has 4 aliphatic carbocycles. The Morgan fingerprint density at radius 1 is 1.06 bits per heavy atom. The van der Waals surface area contributed by atoms with Gasteiger partial charge in [0.1, 0.15) is 6.10 Å².